The predicted octanol–water partition coefficient (Wildman–Crippen LogP) is 2.31. The first-order valence-electron chi connectivity index (χ1n) is 10.0. The number of carbonyl (C=O) groups is 2. The van der Waals surface area contributed by atoms with Crippen LogP contribution in [0, 0.1) is 0 Å². The largest absolute Gasteiger partial charge is 0.493 e. The van der Waals surface area contributed by atoms with Gasteiger partial charge in [0.05, 0.1) is 27.0 Å². The molecule has 0 spiro atoms. The summed E-state index contributed by atoms with van der Waals surface area (Å²) in [5.74, 6) is 0.780. The lowest BCUT2D eigenvalue weighted by molar-refractivity contribution is -0.157. The highest BCUT2D eigenvalue weighted by atomic mass is 16.5. The second-order valence-corrected chi connectivity index (χ2v) is 7.59. The second-order valence-electron chi connectivity index (χ2n) is 7.59. The van der Waals surface area contributed by atoms with Gasteiger partial charge < -0.3 is 19.4 Å². The van der Waals surface area contributed by atoms with Crippen LogP contribution in [0.5, 0.6) is 11.5 Å². The van der Waals surface area contributed by atoms with Crippen LogP contribution in [0.4, 0.5) is 0 Å². The van der Waals surface area contributed by atoms with Crippen LogP contribution < -0.4 is 9.47 Å². The summed E-state index contributed by atoms with van der Waals surface area (Å²) in [5.41, 5.74) is 3.77. The molecule has 158 valence electrons. The van der Waals surface area contributed by atoms with E-state index in [1.165, 1.54) is 11.2 Å². The lowest BCUT2D eigenvalue weighted by atomic mass is 9.94. The number of aromatic nitrogens is 1. The van der Waals surface area contributed by atoms with Crippen LogP contribution in [0.3, 0.4) is 0 Å². The minimum absolute atomic E-state index is 0.0896. The number of methoxy groups -OCH3 is 2. The van der Waals surface area contributed by atoms with Crippen LogP contribution in [0.2, 0.25) is 0 Å². The summed E-state index contributed by atoms with van der Waals surface area (Å²) < 4.78 is 10.7. The highest BCUT2D eigenvalue weighted by Gasteiger charge is 2.43. The maximum Gasteiger partial charge on any atom is 0.266 e. The number of ether oxygens (including phenoxy) is 2. The van der Waals surface area contributed by atoms with E-state index in [4.69, 9.17) is 9.47 Å². The number of carbonyl (C=O) groups excluding carboxylic acids is 2. The zero-order valence-electron chi connectivity index (χ0n) is 17.3. The third kappa shape index (κ3) is 3.11. The quantitative estimate of drug-likeness (QED) is 0.659. The molecule has 2 aromatic carbocycles. The van der Waals surface area contributed by atoms with Crippen LogP contribution in [0.1, 0.15) is 16.8 Å². The molecule has 1 atom stereocenters. The lowest BCUT2D eigenvalue weighted by Crippen LogP contribution is -2.60. The summed E-state index contributed by atoms with van der Waals surface area (Å²) >= 11 is 0. The normalized spacial score (nSPS) is 18.5. The monoisotopic (exact) mass is 418 g/mol. The number of para-hydroxylation sites is 2. The Morgan fingerprint density at radius 2 is 1.90 bits per heavy atom. The number of hydrogen-bond acceptors (Lipinski definition) is 5. The molecule has 5 rings (SSSR count). The van der Waals surface area contributed by atoms with E-state index < -0.39 is 6.04 Å². The van der Waals surface area contributed by atoms with Crippen molar-refractivity contribution in [3.63, 3.8) is 0 Å². The Kier molecular flexibility index (Phi) is 4.62. The third-order valence-electron chi connectivity index (χ3n) is 5.92. The van der Waals surface area contributed by atoms with Crippen molar-refractivity contribution in [2.75, 3.05) is 20.8 Å². The molecule has 1 N–H and O–H groups in total. The molecule has 0 bridgehead atoms. The molecule has 0 aliphatic carbocycles. The van der Waals surface area contributed by atoms with Gasteiger partial charge in [-0.1, -0.05) is 24.3 Å². The molecule has 3 heterocycles. The number of nitrogens with zero attached hydrogens (tertiary/aromatic N) is 3. The van der Waals surface area contributed by atoms with E-state index in [-0.39, 0.29) is 18.4 Å². The summed E-state index contributed by atoms with van der Waals surface area (Å²) in [6.07, 6.45) is 2.00. The van der Waals surface area contributed by atoms with Crippen LogP contribution in [0.25, 0.3) is 10.9 Å². The smallest absolute Gasteiger partial charge is 0.266 e. The highest BCUT2D eigenvalue weighted by Crippen LogP contribution is 2.33. The van der Waals surface area contributed by atoms with E-state index in [9.17, 15) is 9.59 Å². The van der Waals surface area contributed by atoms with Crippen molar-refractivity contribution in [3.8, 4) is 11.5 Å². The van der Waals surface area contributed by atoms with E-state index >= 15 is 0 Å². The van der Waals surface area contributed by atoms with E-state index in [1.54, 1.807) is 25.2 Å². The minimum Gasteiger partial charge on any atom is -0.493 e. The third-order valence-corrected chi connectivity index (χ3v) is 5.92. The molecule has 2 amide bonds. The molecule has 8 nitrogen and oxygen atoms in total. The fourth-order valence-corrected chi connectivity index (χ4v) is 4.40. The van der Waals surface area contributed by atoms with E-state index in [0.717, 1.165) is 22.2 Å². The van der Waals surface area contributed by atoms with Crippen molar-refractivity contribution >= 4 is 28.9 Å². The second kappa shape index (κ2) is 7.46. The van der Waals surface area contributed by atoms with Crippen molar-refractivity contribution < 1.29 is 19.1 Å². The van der Waals surface area contributed by atoms with E-state index in [0.29, 0.717) is 30.0 Å². The number of hydrogen-bond donors (Lipinski definition) is 1. The summed E-state index contributed by atoms with van der Waals surface area (Å²) in [6.45, 7) is 0.314. The van der Waals surface area contributed by atoms with Crippen molar-refractivity contribution in [2.24, 2.45) is 5.10 Å². The average Bonchev–Trinajstić information content (AvgIpc) is 3.16. The number of piperazine rings is 1. The fourth-order valence-electron chi connectivity index (χ4n) is 4.40. The van der Waals surface area contributed by atoms with Crippen LogP contribution >= 0.6 is 0 Å². The Morgan fingerprint density at radius 1 is 1.06 bits per heavy atom. The first-order chi connectivity index (χ1) is 15.1. The SMILES string of the molecule is COc1cccc(/C=N\N2CC(=O)N3Cc4[nH]c5ccccc5c4C[C@@H]3C2=O)c1OC. The van der Waals surface area contributed by atoms with Gasteiger partial charge in [-0.2, -0.15) is 5.10 Å². The molecule has 2 aliphatic heterocycles. The molecule has 1 aromatic heterocycles. The molecule has 0 saturated carbocycles. The summed E-state index contributed by atoms with van der Waals surface area (Å²) in [7, 11) is 3.10. The Balaban J connectivity index is 1.44. The molecule has 0 unspecified atom stereocenters. The van der Waals surface area contributed by atoms with Gasteiger partial charge in [-0.25, -0.2) is 5.01 Å². The van der Waals surface area contributed by atoms with Gasteiger partial charge in [0.2, 0.25) is 5.91 Å². The van der Waals surface area contributed by atoms with Crippen LogP contribution in [-0.4, -0.2) is 59.7 Å². The zero-order chi connectivity index (χ0) is 21.5. The maximum atomic E-state index is 13.2. The number of amides is 2. The number of rotatable bonds is 4. The number of H-pyrrole nitrogens is 1. The van der Waals surface area contributed by atoms with Gasteiger partial charge in [0.25, 0.3) is 5.91 Å². The Hall–Kier alpha value is -3.81. The average molecular weight is 418 g/mol. The minimum atomic E-state index is -0.558. The number of benzene rings is 2. The highest BCUT2D eigenvalue weighted by molar-refractivity contribution is 5.97. The molecule has 31 heavy (non-hydrogen) atoms. The molecule has 0 radical (unpaired) electrons. The van der Waals surface area contributed by atoms with Gasteiger partial charge in [-0.05, 0) is 23.8 Å². The van der Waals surface area contributed by atoms with E-state index in [2.05, 4.69) is 10.1 Å². The molecule has 1 saturated heterocycles. The maximum absolute atomic E-state index is 13.2. The first-order valence-corrected chi connectivity index (χ1v) is 10.0. The number of aromatic amines is 1. The zero-order valence-corrected chi connectivity index (χ0v) is 17.3. The molecule has 1 fully saturated rings. The topological polar surface area (TPSA) is 87.2 Å². The van der Waals surface area contributed by atoms with Gasteiger partial charge in [-0.3, -0.25) is 9.59 Å². The Labute approximate surface area is 179 Å². The standard InChI is InChI=1S/C23H22N4O4/c1-30-20-9-5-6-14(22(20)31-2)11-24-27-13-21(28)26-12-18-16(10-19(26)23(27)29)15-7-3-4-8-17(15)25-18/h3-9,11,19,25H,10,12-13H2,1-2H3/b24-11-/t19-/m1/s1. The predicted molar refractivity (Wildman–Crippen MR) is 115 cm³/mol. The molecule has 3 aromatic rings. The molecular weight excluding hydrogens is 396 g/mol. The van der Waals surface area contributed by atoms with Gasteiger partial charge in [0, 0.05) is 28.6 Å². The van der Waals surface area contributed by atoms with Crippen molar-refractivity contribution in [1.29, 1.82) is 0 Å². The van der Waals surface area contributed by atoms with Crippen LogP contribution in [0.15, 0.2) is 47.6 Å². The van der Waals surface area contributed by atoms with Crippen LogP contribution in [-0.2, 0) is 22.6 Å². The fraction of sp³-hybridized carbons (Fsp3) is 0.261. The molecular formula is C23H22N4O4. The van der Waals surface area contributed by atoms with Crippen molar-refractivity contribution in [2.45, 2.75) is 19.0 Å². The van der Waals surface area contributed by atoms with Gasteiger partial charge >= 0.3 is 0 Å². The van der Waals surface area contributed by atoms with Gasteiger partial charge in [-0.15, -0.1) is 0 Å². The van der Waals surface area contributed by atoms with Gasteiger partial charge in [0.1, 0.15) is 12.6 Å². The Morgan fingerprint density at radius 3 is 2.71 bits per heavy atom. The summed E-state index contributed by atoms with van der Waals surface area (Å²) in [4.78, 5) is 31.1. The lowest BCUT2D eigenvalue weighted by Gasteiger charge is -2.40. The van der Waals surface area contributed by atoms with Crippen molar-refractivity contribution in [1.82, 2.24) is 14.9 Å². The molecule has 2 aliphatic rings. The summed E-state index contributed by atoms with van der Waals surface area (Å²) in [5, 5.41) is 6.68. The van der Waals surface area contributed by atoms with E-state index in [1.807, 2.05) is 36.4 Å². The number of fused-ring (bicyclic) bond motifs is 4. The number of nitrogens with one attached hydrogen (secondary N) is 1. The Bertz CT molecular complexity index is 1220. The van der Waals surface area contributed by atoms with Gasteiger partial charge in [0.15, 0.2) is 11.5 Å². The molecule has 8 heteroatoms. The first kappa shape index (κ1) is 19.2. The summed E-state index contributed by atoms with van der Waals surface area (Å²) in [6, 6.07) is 12.8. The number of hydrazone groups is 1. The van der Waals surface area contributed by atoms with Crippen molar-refractivity contribution in [3.05, 3.63) is 59.3 Å².